The molecule has 0 aliphatic heterocycles. The van der Waals surface area contributed by atoms with Crippen molar-refractivity contribution in [2.75, 3.05) is 0 Å². The normalized spacial score (nSPS) is 10.4. The van der Waals surface area contributed by atoms with Crippen molar-refractivity contribution in [1.82, 2.24) is 15.2 Å². The van der Waals surface area contributed by atoms with Crippen molar-refractivity contribution >= 4 is 11.4 Å². The maximum atomic E-state index is 10.6. The van der Waals surface area contributed by atoms with E-state index >= 15 is 0 Å². The van der Waals surface area contributed by atoms with Crippen LogP contribution in [0.15, 0.2) is 48.5 Å². The van der Waals surface area contributed by atoms with Crippen LogP contribution in [0.1, 0.15) is 0 Å². The number of nitro benzene ring substituents is 2. The van der Waals surface area contributed by atoms with Gasteiger partial charge in [-0.25, -0.2) is 4.98 Å². The maximum Gasteiger partial charge on any atom is 0.269 e. The number of nitrogens with one attached hydrogen (secondary N) is 1. The highest BCUT2D eigenvalue weighted by Crippen LogP contribution is 2.23. The molecule has 0 radical (unpaired) electrons. The zero-order valence-electron chi connectivity index (χ0n) is 11.5. The minimum atomic E-state index is -0.482. The van der Waals surface area contributed by atoms with Gasteiger partial charge in [0, 0.05) is 35.4 Å². The van der Waals surface area contributed by atoms with E-state index in [1.807, 2.05) is 0 Å². The van der Waals surface area contributed by atoms with Crippen LogP contribution in [0.3, 0.4) is 0 Å². The highest BCUT2D eigenvalue weighted by Gasteiger charge is 2.11. The molecule has 1 N–H and O–H groups in total. The second-order valence-corrected chi connectivity index (χ2v) is 4.62. The van der Waals surface area contributed by atoms with E-state index in [0.29, 0.717) is 22.8 Å². The summed E-state index contributed by atoms with van der Waals surface area (Å²) in [6, 6.07) is 11.7. The van der Waals surface area contributed by atoms with Crippen LogP contribution in [0.25, 0.3) is 22.8 Å². The lowest BCUT2D eigenvalue weighted by molar-refractivity contribution is -0.385. The van der Waals surface area contributed by atoms with Gasteiger partial charge in [-0.05, 0) is 24.3 Å². The molecule has 0 saturated carbocycles. The maximum absolute atomic E-state index is 10.6. The lowest BCUT2D eigenvalue weighted by Crippen LogP contribution is -1.88. The van der Waals surface area contributed by atoms with Gasteiger partial charge in [0.25, 0.3) is 11.4 Å². The molecule has 1 aromatic heterocycles. The number of hydrogen-bond donors (Lipinski definition) is 1. The van der Waals surface area contributed by atoms with Crippen molar-refractivity contribution in [1.29, 1.82) is 0 Å². The van der Waals surface area contributed by atoms with Gasteiger partial charge in [0.05, 0.1) is 9.85 Å². The number of hydrogen-bond acceptors (Lipinski definition) is 6. The number of rotatable bonds is 4. The number of nitrogens with zero attached hydrogens (tertiary/aromatic N) is 4. The van der Waals surface area contributed by atoms with Crippen LogP contribution in [0.4, 0.5) is 11.4 Å². The standard InChI is InChI=1S/C14H9N5O4/c20-18(21)11-5-1-9(2-6-11)13-15-14(17-16-13)10-3-7-12(8-4-10)19(22)23/h1-8H,(H,15,16,17). The van der Waals surface area contributed by atoms with E-state index in [2.05, 4.69) is 15.2 Å². The van der Waals surface area contributed by atoms with Crippen LogP contribution in [0, 0.1) is 20.2 Å². The van der Waals surface area contributed by atoms with Crippen molar-refractivity contribution < 1.29 is 9.85 Å². The molecule has 9 nitrogen and oxygen atoms in total. The van der Waals surface area contributed by atoms with Crippen LogP contribution in [0.2, 0.25) is 0 Å². The number of aromatic nitrogens is 3. The fraction of sp³-hybridized carbons (Fsp3) is 0. The Morgan fingerprint density at radius 1 is 0.783 bits per heavy atom. The smallest absolute Gasteiger partial charge is 0.259 e. The zero-order valence-corrected chi connectivity index (χ0v) is 11.5. The van der Waals surface area contributed by atoms with Crippen molar-refractivity contribution in [3.05, 3.63) is 68.8 Å². The van der Waals surface area contributed by atoms with E-state index < -0.39 is 9.85 Å². The van der Waals surface area contributed by atoms with Crippen LogP contribution in [-0.2, 0) is 0 Å². The Morgan fingerprint density at radius 3 is 1.74 bits per heavy atom. The van der Waals surface area contributed by atoms with Crippen molar-refractivity contribution in [3.8, 4) is 22.8 Å². The molecule has 1 heterocycles. The highest BCUT2D eigenvalue weighted by molar-refractivity contribution is 5.62. The Morgan fingerprint density at radius 2 is 1.26 bits per heavy atom. The summed E-state index contributed by atoms with van der Waals surface area (Å²) in [6.45, 7) is 0. The number of benzene rings is 2. The Kier molecular flexibility index (Phi) is 3.51. The second kappa shape index (κ2) is 5.64. The molecule has 0 unspecified atom stereocenters. The van der Waals surface area contributed by atoms with Crippen molar-refractivity contribution in [2.24, 2.45) is 0 Å². The Bertz CT molecular complexity index is 799. The van der Waals surface area contributed by atoms with Gasteiger partial charge in [-0.1, -0.05) is 0 Å². The lowest BCUT2D eigenvalue weighted by atomic mass is 10.2. The zero-order chi connectivity index (χ0) is 16.4. The van der Waals surface area contributed by atoms with Crippen molar-refractivity contribution in [2.45, 2.75) is 0 Å². The first-order valence-corrected chi connectivity index (χ1v) is 6.46. The average Bonchev–Trinajstić information content (AvgIpc) is 3.05. The predicted molar refractivity (Wildman–Crippen MR) is 80.6 cm³/mol. The first-order valence-electron chi connectivity index (χ1n) is 6.46. The van der Waals surface area contributed by atoms with E-state index in [-0.39, 0.29) is 11.4 Å². The summed E-state index contributed by atoms with van der Waals surface area (Å²) in [5.74, 6) is 0.835. The molecule has 0 aliphatic rings. The largest absolute Gasteiger partial charge is 0.269 e. The van der Waals surface area contributed by atoms with E-state index in [1.165, 1.54) is 24.3 Å². The molecule has 2 aromatic carbocycles. The SMILES string of the molecule is O=[N+]([O-])c1ccc(-c2n[nH]c(-c3ccc([N+](=O)[O-])cc3)n2)cc1. The van der Waals surface area contributed by atoms with Gasteiger partial charge in [0.15, 0.2) is 11.6 Å². The first kappa shape index (κ1) is 14.3. The molecule has 0 atom stereocenters. The minimum absolute atomic E-state index is 0.0103. The van der Waals surface area contributed by atoms with Gasteiger partial charge in [-0.3, -0.25) is 25.3 Å². The van der Waals surface area contributed by atoms with Gasteiger partial charge in [0.2, 0.25) is 0 Å². The molecule has 114 valence electrons. The minimum Gasteiger partial charge on any atom is -0.259 e. The molecule has 0 fully saturated rings. The lowest BCUT2D eigenvalue weighted by Gasteiger charge is -1.96. The molecule has 3 rings (SSSR count). The summed E-state index contributed by atoms with van der Waals surface area (Å²) in [6.07, 6.45) is 0. The molecule has 0 aliphatic carbocycles. The highest BCUT2D eigenvalue weighted by atomic mass is 16.6. The first-order chi connectivity index (χ1) is 11.0. The van der Waals surface area contributed by atoms with Crippen LogP contribution < -0.4 is 0 Å². The molecule has 0 amide bonds. The quantitative estimate of drug-likeness (QED) is 0.582. The summed E-state index contributed by atoms with van der Waals surface area (Å²) in [7, 11) is 0. The molecular formula is C14H9N5O4. The number of H-pyrrole nitrogens is 1. The number of nitro groups is 2. The fourth-order valence-corrected chi connectivity index (χ4v) is 1.99. The third-order valence-electron chi connectivity index (χ3n) is 3.17. The van der Waals surface area contributed by atoms with Crippen LogP contribution in [0.5, 0.6) is 0 Å². The van der Waals surface area contributed by atoms with Crippen LogP contribution >= 0.6 is 0 Å². The van der Waals surface area contributed by atoms with Gasteiger partial charge in [-0.15, -0.1) is 0 Å². The Balaban J connectivity index is 1.87. The molecular weight excluding hydrogens is 302 g/mol. The van der Waals surface area contributed by atoms with Gasteiger partial charge >= 0.3 is 0 Å². The topological polar surface area (TPSA) is 128 Å². The summed E-state index contributed by atoms with van der Waals surface area (Å²) in [5, 5.41) is 28.1. The molecule has 9 heteroatoms. The second-order valence-electron chi connectivity index (χ2n) is 4.62. The monoisotopic (exact) mass is 311 g/mol. The third kappa shape index (κ3) is 2.88. The van der Waals surface area contributed by atoms with Gasteiger partial charge in [0.1, 0.15) is 0 Å². The molecule has 23 heavy (non-hydrogen) atoms. The fourth-order valence-electron chi connectivity index (χ4n) is 1.99. The average molecular weight is 311 g/mol. The van der Waals surface area contributed by atoms with Crippen molar-refractivity contribution in [3.63, 3.8) is 0 Å². The van der Waals surface area contributed by atoms with Gasteiger partial charge < -0.3 is 0 Å². The predicted octanol–water partition coefficient (Wildman–Crippen LogP) is 2.96. The molecule has 0 spiro atoms. The number of non-ortho nitro benzene ring substituents is 2. The Labute approximate surface area is 128 Å². The van der Waals surface area contributed by atoms with Gasteiger partial charge in [-0.2, -0.15) is 5.10 Å². The van der Waals surface area contributed by atoms with E-state index in [0.717, 1.165) is 0 Å². The summed E-state index contributed by atoms with van der Waals surface area (Å²) in [5.41, 5.74) is 1.25. The molecule has 3 aromatic rings. The Hall–Kier alpha value is -3.62. The summed E-state index contributed by atoms with van der Waals surface area (Å²) in [4.78, 5) is 24.6. The summed E-state index contributed by atoms with van der Waals surface area (Å²) >= 11 is 0. The van der Waals surface area contributed by atoms with E-state index in [4.69, 9.17) is 0 Å². The molecule has 0 bridgehead atoms. The number of aromatic amines is 1. The molecule has 0 saturated heterocycles. The summed E-state index contributed by atoms with van der Waals surface area (Å²) < 4.78 is 0. The third-order valence-corrected chi connectivity index (χ3v) is 3.17. The van der Waals surface area contributed by atoms with E-state index in [9.17, 15) is 20.2 Å². The van der Waals surface area contributed by atoms with Crippen LogP contribution in [-0.4, -0.2) is 25.0 Å². The van der Waals surface area contributed by atoms with E-state index in [1.54, 1.807) is 24.3 Å².